The van der Waals surface area contributed by atoms with Gasteiger partial charge in [0, 0.05) is 31.2 Å². The summed E-state index contributed by atoms with van der Waals surface area (Å²) in [5.41, 5.74) is 1.93. The highest BCUT2D eigenvalue weighted by Crippen LogP contribution is 2.28. The fraction of sp³-hybridized carbons (Fsp3) is 0.600. The topological polar surface area (TPSA) is 74.8 Å². The van der Waals surface area contributed by atoms with Crippen LogP contribution >= 0.6 is 0 Å². The first-order valence-electron chi connectivity index (χ1n) is 9.68. The summed E-state index contributed by atoms with van der Waals surface area (Å²) in [7, 11) is -3.06. The molecule has 2 atom stereocenters. The predicted octanol–water partition coefficient (Wildman–Crippen LogP) is 2.16. The maximum atomic E-state index is 13.2. The molecule has 0 aliphatic carbocycles. The summed E-state index contributed by atoms with van der Waals surface area (Å²) in [6, 6.07) is 7.46. The van der Waals surface area contributed by atoms with E-state index in [1.165, 1.54) is 0 Å². The summed E-state index contributed by atoms with van der Waals surface area (Å²) in [5.74, 6) is -0.337. The first-order valence-corrected chi connectivity index (χ1v) is 11.5. The van der Waals surface area contributed by atoms with E-state index in [1.807, 2.05) is 38.1 Å². The molecule has 0 spiro atoms. The summed E-state index contributed by atoms with van der Waals surface area (Å²) >= 11 is 0. The third kappa shape index (κ3) is 4.51. The van der Waals surface area contributed by atoms with Gasteiger partial charge in [-0.2, -0.15) is 0 Å². The molecule has 2 aliphatic rings. The Labute approximate surface area is 161 Å². The van der Waals surface area contributed by atoms with E-state index >= 15 is 0 Å². The molecular weight excluding hydrogens is 364 g/mol. The van der Waals surface area contributed by atoms with Gasteiger partial charge in [-0.3, -0.25) is 9.59 Å². The third-order valence-electron chi connectivity index (χ3n) is 5.50. The van der Waals surface area contributed by atoms with Gasteiger partial charge in [0.25, 0.3) is 0 Å². The smallest absolute Gasteiger partial charge is 0.228 e. The van der Waals surface area contributed by atoms with Crippen molar-refractivity contribution in [2.75, 3.05) is 29.5 Å². The Morgan fingerprint density at radius 3 is 2.56 bits per heavy atom. The lowest BCUT2D eigenvalue weighted by atomic mass is 10.0. The van der Waals surface area contributed by atoms with Crippen molar-refractivity contribution in [2.24, 2.45) is 5.92 Å². The molecule has 1 aromatic rings. The summed E-state index contributed by atoms with van der Waals surface area (Å²) in [6.07, 6.45) is 2.46. The van der Waals surface area contributed by atoms with Crippen LogP contribution in [0.4, 0.5) is 5.69 Å². The summed E-state index contributed by atoms with van der Waals surface area (Å²) < 4.78 is 23.8. The normalized spacial score (nSPS) is 24.4. The van der Waals surface area contributed by atoms with E-state index in [0.29, 0.717) is 19.5 Å². The molecule has 2 heterocycles. The molecule has 0 radical (unpaired) electrons. The molecule has 27 heavy (non-hydrogen) atoms. The molecule has 0 bridgehead atoms. The number of rotatable bonds is 6. The van der Waals surface area contributed by atoms with Gasteiger partial charge in [0.1, 0.15) is 0 Å². The Bertz CT molecular complexity index is 804. The van der Waals surface area contributed by atoms with Crippen LogP contribution in [0.15, 0.2) is 24.3 Å². The van der Waals surface area contributed by atoms with Crippen molar-refractivity contribution in [1.82, 2.24) is 4.90 Å². The minimum absolute atomic E-state index is 0.0464. The molecule has 2 amide bonds. The van der Waals surface area contributed by atoms with Gasteiger partial charge in [-0.05, 0) is 31.9 Å². The van der Waals surface area contributed by atoms with Crippen LogP contribution in [0.5, 0.6) is 0 Å². The number of amides is 2. The zero-order chi connectivity index (χ0) is 19.6. The second kappa shape index (κ2) is 8.00. The molecule has 2 unspecified atom stereocenters. The Morgan fingerprint density at radius 2 is 1.96 bits per heavy atom. The number of sulfone groups is 1. The van der Waals surface area contributed by atoms with Gasteiger partial charge in [-0.25, -0.2) is 8.42 Å². The van der Waals surface area contributed by atoms with Gasteiger partial charge in [0.15, 0.2) is 9.84 Å². The monoisotopic (exact) mass is 392 g/mol. The minimum Gasteiger partial charge on any atom is -0.338 e. The molecule has 2 fully saturated rings. The SMILES string of the molecule is CCCCN(C(=O)C1CC(=O)N(c2ccc(C)cc2)C1)C1CCS(=O)(=O)C1. The first kappa shape index (κ1) is 19.9. The molecule has 2 aliphatic heterocycles. The van der Waals surface area contributed by atoms with E-state index in [2.05, 4.69) is 0 Å². The zero-order valence-electron chi connectivity index (χ0n) is 16.1. The third-order valence-corrected chi connectivity index (χ3v) is 7.26. The van der Waals surface area contributed by atoms with Crippen molar-refractivity contribution in [3.63, 3.8) is 0 Å². The fourth-order valence-electron chi connectivity index (χ4n) is 3.90. The number of nitrogens with zero attached hydrogens (tertiary/aromatic N) is 2. The van der Waals surface area contributed by atoms with Crippen LogP contribution in [-0.2, 0) is 19.4 Å². The van der Waals surface area contributed by atoms with Gasteiger partial charge in [-0.1, -0.05) is 31.0 Å². The average molecular weight is 393 g/mol. The number of hydrogen-bond donors (Lipinski definition) is 0. The Hall–Kier alpha value is -1.89. The van der Waals surface area contributed by atoms with Gasteiger partial charge >= 0.3 is 0 Å². The van der Waals surface area contributed by atoms with E-state index in [9.17, 15) is 18.0 Å². The van der Waals surface area contributed by atoms with Crippen molar-refractivity contribution >= 4 is 27.3 Å². The number of aryl methyl sites for hydroxylation is 1. The quantitative estimate of drug-likeness (QED) is 0.744. The Kier molecular flexibility index (Phi) is 5.89. The second-order valence-electron chi connectivity index (χ2n) is 7.68. The van der Waals surface area contributed by atoms with Crippen molar-refractivity contribution < 1.29 is 18.0 Å². The van der Waals surface area contributed by atoms with Gasteiger partial charge in [0.05, 0.1) is 17.4 Å². The molecule has 2 saturated heterocycles. The molecule has 6 nitrogen and oxygen atoms in total. The van der Waals surface area contributed by atoms with Crippen LogP contribution < -0.4 is 4.90 Å². The number of unbranched alkanes of at least 4 members (excludes halogenated alkanes) is 1. The maximum Gasteiger partial charge on any atom is 0.228 e. The standard InChI is InChI=1S/C20H28N2O4S/c1-3-4-10-21(18-9-11-27(25,26)14-18)20(24)16-12-19(23)22(13-16)17-7-5-15(2)6-8-17/h5-8,16,18H,3-4,9-14H2,1-2H3. The van der Waals surface area contributed by atoms with Crippen LogP contribution in [0, 0.1) is 12.8 Å². The Morgan fingerprint density at radius 1 is 1.26 bits per heavy atom. The number of hydrogen-bond acceptors (Lipinski definition) is 4. The number of benzene rings is 1. The highest BCUT2D eigenvalue weighted by molar-refractivity contribution is 7.91. The van der Waals surface area contributed by atoms with E-state index in [0.717, 1.165) is 24.1 Å². The lowest BCUT2D eigenvalue weighted by Crippen LogP contribution is -2.45. The largest absolute Gasteiger partial charge is 0.338 e. The van der Waals surface area contributed by atoms with Gasteiger partial charge in [-0.15, -0.1) is 0 Å². The summed E-state index contributed by atoms with van der Waals surface area (Å²) in [4.78, 5) is 29.1. The summed E-state index contributed by atoms with van der Waals surface area (Å²) in [5, 5.41) is 0. The maximum absolute atomic E-state index is 13.2. The minimum atomic E-state index is -3.06. The highest BCUT2D eigenvalue weighted by atomic mass is 32.2. The van der Waals surface area contributed by atoms with Crippen molar-refractivity contribution in [1.29, 1.82) is 0 Å². The zero-order valence-corrected chi connectivity index (χ0v) is 16.9. The van der Waals surface area contributed by atoms with Crippen molar-refractivity contribution in [3.05, 3.63) is 29.8 Å². The van der Waals surface area contributed by atoms with Gasteiger partial charge in [0.2, 0.25) is 11.8 Å². The van der Waals surface area contributed by atoms with Crippen molar-refractivity contribution in [3.8, 4) is 0 Å². The molecule has 0 N–H and O–H groups in total. The molecule has 148 valence electrons. The highest BCUT2D eigenvalue weighted by Gasteiger charge is 2.41. The number of carbonyl (C=O) groups excluding carboxylic acids is 2. The first-order chi connectivity index (χ1) is 12.8. The molecule has 7 heteroatoms. The molecular formula is C20H28N2O4S. The van der Waals surface area contributed by atoms with Crippen LogP contribution in [-0.4, -0.2) is 55.8 Å². The Balaban J connectivity index is 1.74. The molecule has 0 saturated carbocycles. The lowest BCUT2D eigenvalue weighted by molar-refractivity contribution is -0.137. The van der Waals surface area contributed by atoms with Crippen LogP contribution in [0.1, 0.15) is 38.2 Å². The average Bonchev–Trinajstić information content (AvgIpc) is 3.18. The van der Waals surface area contributed by atoms with Crippen LogP contribution in [0.3, 0.4) is 0 Å². The molecule has 0 aromatic heterocycles. The summed E-state index contributed by atoms with van der Waals surface area (Å²) in [6.45, 7) is 4.96. The van der Waals surface area contributed by atoms with E-state index in [1.54, 1.807) is 9.80 Å². The fourth-order valence-corrected chi connectivity index (χ4v) is 5.63. The number of anilines is 1. The predicted molar refractivity (Wildman–Crippen MR) is 105 cm³/mol. The molecule has 3 rings (SSSR count). The molecule has 1 aromatic carbocycles. The van der Waals surface area contributed by atoms with Crippen LogP contribution in [0.25, 0.3) is 0 Å². The van der Waals surface area contributed by atoms with Crippen molar-refractivity contribution in [2.45, 2.75) is 45.6 Å². The number of carbonyl (C=O) groups is 2. The van der Waals surface area contributed by atoms with E-state index in [4.69, 9.17) is 0 Å². The van der Waals surface area contributed by atoms with Gasteiger partial charge < -0.3 is 9.80 Å². The second-order valence-corrected chi connectivity index (χ2v) is 9.91. The van der Waals surface area contributed by atoms with E-state index < -0.39 is 15.8 Å². The van der Waals surface area contributed by atoms with E-state index in [-0.39, 0.29) is 35.8 Å². The van der Waals surface area contributed by atoms with Crippen LogP contribution in [0.2, 0.25) is 0 Å². The lowest BCUT2D eigenvalue weighted by Gasteiger charge is -2.30.